The maximum atomic E-state index is 14.5. The minimum atomic E-state index is -3.34. The molecule has 4 nitrogen and oxygen atoms in total. The molecule has 1 aliphatic rings. The van der Waals surface area contributed by atoms with Crippen LogP contribution in [0.4, 0.5) is 10.1 Å². The molecule has 0 fully saturated rings. The van der Waals surface area contributed by atoms with E-state index in [1.807, 2.05) is 44.2 Å². The summed E-state index contributed by atoms with van der Waals surface area (Å²) in [5.74, 6) is -0.0355. The van der Waals surface area contributed by atoms with Crippen LogP contribution in [0.5, 0.6) is 0 Å². The van der Waals surface area contributed by atoms with Crippen LogP contribution in [0.2, 0.25) is 0 Å². The molecule has 0 unspecified atom stereocenters. The first-order chi connectivity index (χ1) is 12.4. The predicted molar refractivity (Wildman–Crippen MR) is 104 cm³/mol. The van der Waals surface area contributed by atoms with Gasteiger partial charge in [-0.25, -0.2) is 12.8 Å². The lowest BCUT2D eigenvalue weighted by atomic mass is 9.97. The highest BCUT2D eigenvalue weighted by molar-refractivity contribution is 7.89. The Morgan fingerprint density at radius 3 is 2.50 bits per heavy atom. The van der Waals surface area contributed by atoms with Gasteiger partial charge in [0.1, 0.15) is 5.82 Å². The average Bonchev–Trinajstić information content (AvgIpc) is 3.06. The maximum absolute atomic E-state index is 14.5. The van der Waals surface area contributed by atoms with Gasteiger partial charge in [-0.1, -0.05) is 44.2 Å². The van der Waals surface area contributed by atoms with Gasteiger partial charge < -0.3 is 5.32 Å². The number of fused-ring (bicyclic) bond motifs is 1. The number of hydrogen-bond donors (Lipinski definition) is 2. The number of sulfonamides is 1. The molecule has 0 heterocycles. The molecule has 0 aliphatic heterocycles. The Hall–Kier alpha value is -1.92. The Morgan fingerprint density at radius 1 is 1.12 bits per heavy atom. The fraction of sp³-hybridized carbons (Fsp3) is 0.400. The highest BCUT2D eigenvalue weighted by Gasteiger charge is 2.23. The monoisotopic (exact) mass is 376 g/mol. The third-order valence-electron chi connectivity index (χ3n) is 4.54. The molecule has 0 aromatic heterocycles. The van der Waals surface area contributed by atoms with Crippen molar-refractivity contribution in [3.05, 3.63) is 53.3 Å². The number of halogens is 1. The summed E-state index contributed by atoms with van der Waals surface area (Å²) in [4.78, 5) is 0. The number of rotatable bonds is 7. The lowest BCUT2D eigenvalue weighted by Gasteiger charge is -2.18. The van der Waals surface area contributed by atoms with E-state index in [4.69, 9.17) is 0 Å². The standard InChI is InChI=1S/C20H25FN2O2S/c1-14(2)12-26(24,25)23-13-22-20-17-10-6-9-16(17)19(21)11-18(20)15-7-4-3-5-8-15/h3-5,7-8,11,14,22-23H,6,9-10,12-13H2,1-2H3. The van der Waals surface area contributed by atoms with Gasteiger partial charge in [-0.15, -0.1) is 0 Å². The number of benzene rings is 2. The summed E-state index contributed by atoms with van der Waals surface area (Å²) in [6, 6.07) is 11.2. The SMILES string of the molecule is CC(C)CS(=O)(=O)NCNc1c(-c2ccccc2)cc(F)c2c1CCC2. The molecule has 1 aliphatic carbocycles. The lowest BCUT2D eigenvalue weighted by Crippen LogP contribution is -2.33. The van der Waals surface area contributed by atoms with Crippen molar-refractivity contribution < 1.29 is 12.8 Å². The van der Waals surface area contributed by atoms with E-state index in [0.717, 1.165) is 47.2 Å². The van der Waals surface area contributed by atoms with E-state index in [9.17, 15) is 12.8 Å². The molecular weight excluding hydrogens is 351 g/mol. The summed E-state index contributed by atoms with van der Waals surface area (Å²) in [7, 11) is -3.34. The Kier molecular flexibility index (Phi) is 5.63. The first kappa shape index (κ1) is 18.9. The molecule has 3 rings (SSSR count). The highest BCUT2D eigenvalue weighted by Crippen LogP contribution is 2.39. The van der Waals surface area contributed by atoms with Crippen LogP contribution in [0, 0.1) is 11.7 Å². The smallest absolute Gasteiger partial charge is 0.213 e. The van der Waals surface area contributed by atoms with Crippen LogP contribution in [-0.2, 0) is 22.9 Å². The third-order valence-corrected chi connectivity index (χ3v) is 6.23. The van der Waals surface area contributed by atoms with Gasteiger partial charge in [0.2, 0.25) is 10.0 Å². The van der Waals surface area contributed by atoms with E-state index in [1.165, 1.54) is 0 Å². The summed E-state index contributed by atoms with van der Waals surface area (Å²) < 4.78 is 41.2. The van der Waals surface area contributed by atoms with Crippen molar-refractivity contribution >= 4 is 15.7 Å². The summed E-state index contributed by atoms with van der Waals surface area (Å²) in [6.07, 6.45) is 2.44. The molecule has 0 radical (unpaired) electrons. The van der Waals surface area contributed by atoms with Gasteiger partial charge in [0, 0.05) is 11.3 Å². The Labute approximate surface area is 154 Å². The van der Waals surface area contributed by atoms with Crippen molar-refractivity contribution in [2.75, 3.05) is 17.7 Å². The molecule has 0 atom stereocenters. The van der Waals surface area contributed by atoms with Crippen molar-refractivity contribution in [3.8, 4) is 11.1 Å². The third kappa shape index (κ3) is 4.24. The first-order valence-corrected chi connectivity index (χ1v) is 10.6. The van der Waals surface area contributed by atoms with Gasteiger partial charge in [0.25, 0.3) is 0 Å². The molecule has 2 aromatic carbocycles. The second-order valence-electron chi connectivity index (χ2n) is 7.13. The molecule has 140 valence electrons. The molecular formula is C20H25FN2O2S. The molecule has 0 saturated carbocycles. The van der Waals surface area contributed by atoms with Crippen molar-refractivity contribution in [3.63, 3.8) is 0 Å². The van der Waals surface area contributed by atoms with Crippen LogP contribution in [0.15, 0.2) is 36.4 Å². The van der Waals surface area contributed by atoms with Gasteiger partial charge >= 0.3 is 0 Å². The van der Waals surface area contributed by atoms with Crippen LogP contribution < -0.4 is 10.0 Å². The highest BCUT2D eigenvalue weighted by atomic mass is 32.2. The average molecular weight is 376 g/mol. The molecule has 2 N–H and O–H groups in total. The van der Waals surface area contributed by atoms with E-state index < -0.39 is 10.0 Å². The van der Waals surface area contributed by atoms with Gasteiger partial charge in [0.15, 0.2) is 0 Å². The fourth-order valence-corrected chi connectivity index (χ4v) is 4.80. The van der Waals surface area contributed by atoms with Crippen LogP contribution in [0.25, 0.3) is 11.1 Å². The molecule has 2 aromatic rings. The number of hydrogen-bond acceptors (Lipinski definition) is 3. The zero-order chi connectivity index (χ0) is 18.7. The minimum absolute atomic E-state index is 0.0578. The van der Waals surface area contributed by atoms with Crippen molar-refractivity contribution in [1.29, 1.82) is 0 Å². The van der Waals surface area contributed by atoms with Gasteiger partial charge in [-0.3, -0.25) is 0 Å². The van der Waals surface area contributed by atoms with Crippen LogP contribution in [0.3, 0.4) is 0 Å². The first-order valence-electron chi connectivity index (χ1n) is 8.98. The van der Waals surface area contributed by atoms with Crippen molar-refractivity contribution in [2.24, 2.45) is 5.92 Å². The Morgan fingerprint density at radius 2 is 1.81 bits per heavy atom. The predicted octanol–water partition coefficient (Wildman–Crippen LogP) is 3.93. The largest absolute Gasteiger partial charge is 0.371 e. The van der Waals surface area contributed by atoms with Crippen LogP contribution in [-0.4, -0.2) is 20.8 Å². The van der Waals surface area contributed by atoms with E-state index >= 15 is 0 Å². The lowest BCUT2D eigenvalue weighted by molar-refractivity contribution is 0.570. The van der Waals surface area contributed by atoms with E-state index in [1.54, 1.807) is 6.07 Å². The summed E-state index contributed by atoms with van der Waals surface area (Å²) >= 11 is 0. The zero-order valence-electron chi connectivity index (χ0n) is 15.2. The maximum Gasteiger partial charge on any atom is 0.213 e. The van der Waals surface area contributed by atoms with Crippen LogP contribution >= 0.6 is 0 Å². The normalized spacial score (nSPS) is 13.8. The van der Waals surface area contributed by atoms with E-state index in [0.29, 0.717) is 0 Å². The quantitative estimate of drug-likeness (QED) is 0.720. The molecule has 0 saturated heterocycles. The van der Waals surface area contributed by atoms with E-state index in [2.05, 4.69) is 10.0 Å². The van der Waals surface area contributed by atoms with Gasteiger partial charge in [-0.2, -0.15) is 4.72 Å². The van der Waals surface area contributed by atoms with Crippen molar-refractivity contribution in [1.82, 2.24) is 4.72 Å². The summed E-state index contributed by atoms with van der Waals surface area (Å²) in [6.45, 7) is 3.83. The molecule has 0 spiro atoms. The molecule has 0 bridgehead atoms. The fourth-order valence-electron chi connectivity index (χ4n) is 3.51. The Bertz CT molecular complexity index is 880. The second kappa shape index (κ2) is 7.76. The summed E-state index contributed by atoms with van der Waals surface area (Å²) in [5, 5.41) is 3.21. The molecule has 26 heavy (non-hydrogen) atoms. The summed E-state index contributed by atoms with van der Waals surface area (Å²) in [5.41, 5.74) is 4.22. The number of nitrogens with one attached hydrogen (secondary N) is 2. The Balaban J connectivity index is 1.89. The van der Waals surface area contributed by atoms with Crippen molar-refractivity contribution in [2.45, 2.75) is 33.1 Å². The van der Waals surface area contributed by atoms with E-state index in [-0.39, 0.29) is 24.2 Å². The molecule has 0 amide bonds. The second-order valence-corrected chi connectivity index (χ2v) is 8.98. The number of anilines is 1. The minimum Gasteiger partial charge on any atom is -0.371 e. The van der Waals surface area contributed by atoms with Gasteiger partial charge in [0.05, 0.1) is 12.4 Å². The van der Waals surface area contributed by atoms with Crippen LogP contribution in [0.1, 0.15) is 31.4 Å². The van der Waals surface area contributed by atoms with Gasteiger partial charge in [-0.05, 0) is 47.9 Å². The topological polar surface area (TPSA) is 58.2 Å². The molecule has 6 heteroatoms. The zero-order valence-corrected chi connectivity index (χ0v) is 16.0.